The molecule has 7 heteroatoms. The van der Waals surface area contributed by atoms with E-state index in [4.69, 9.17) is 0 Å². The summed E-state index contributed by atoms with van der Waals surface area (Å²) in [6.07, 6.45) is -2.96. The van der Waals surface area contributed by atoms with E-state index in [9.17, 15) is 22.4 Å². The largest absolute Gasteiger partial charge is 0.419 e. The van der Waals surface area contributed by atoms with Crippen molar-refractivity contribution >= 4 is 5.91 Å². The Bertz CT molecular complexity index is 551. The van der Waals surface area contributed by atoms with Crippen molar-refractivity contribution in [3.63, 3.8) is 0 Å². The van der Waals surface area contributed by atoms with E-state index in [0.29, 0.717) is 12.6 Å². The molecule has 1 aromatic carbocycles. The molecule has 122 valence electrons. The average molecular weight is 318 g/mol. The molecule has 0 radical (unpaired) electrons. The number of halogens is 4. The Balaban J connectivity index is 2.10. The van der Waals surface area contributed by atoms with Gasteiger partial charge in [0.1, 0.15) is 5.82 Å². The van der Waals surface area contributed by atoms with Crippen molar-refractivity contribution < 1.29 is 22.4 Å². The van der Waals surface area contributed by atoms with Gasteiger partial charge in [-0.3, -0.25) is 4.79 Å². The maximum atomic E-state index is 13.9. The fourth-order valence-electron chi connectivity index (χ4n) is 2.58. The summed E-state index contributed by atoms with van der Waals surface area (Å²) in [6.45, 7) is 3.88. The van der Waals surface area contributed by atoms with Crippen LogP contribution in [0.3, 0.4) is 0 Å². The minimum Gasteiger partial charge on any atom is -0.351 e. The number of piperidine rings is 1. The molecular formula is C15H18F4N2O. The van der Waals surface area contributed by atoms with Crippen molar-refractivity contribution in [2.75, 3.05) is 19.6 Å². The lowest BCUT2D eigenvalue weighted by Crippen LogP contribution is -2.45. The van der Waals surface area contributed by atoms with Crippen molar-refractivity contribution in [2.45, 2.75) is 25.9 Å². The van der Waals surface area contributed by atoms with E-state index in [0.717, 1.165) is 31.5 Å². The molecule has 0 bridgehead atoms. The first-order chi connectivity index (χ1) is 10.2. The number of benzene rings is 1. The van der Waals surface area contributed by atoms with Gasteiger partial charge in [0, 0.05) is 13.1 Å². The van der Waals surface area contributed by atoms with Crippen LogP contribution in [0, 0.1) is 11.2 Å². The Labute approximate surface area is 126 Å². The van der Waals surface area contributed by atoms with E-state index in [1.807, 2.05) is 6.92 Å². The lowest BCUT2D eigenvalue weighted by molar-refractivity contribution is -0.140. The summed E-state index contributed by atoms with van der Waals surface area (Å²) in [5.41, 5.74) is -2.18. The minimum absolute atomic E-state index is 0.175. The maximum Gasteiger partial charge on any atom is 0.419 e. The van der Waals surface area contributed by atoms with Crippen LogP contribution in [-0.2, 0) is 6.18 Å². The van der Waals surface area contributed by atoms with E-state index in [1.165, 1.54) is 0 Å². The number of carbonyl (C=O) groups is 1. The quantitative estimate of drug-likeness (QED) is 0.841. The number of amides is 1. The average Bonchev–Trinajstić information content (AvgIpc) is 2.45. The van der Waals surface area contributed by atoms with Crippen molar-refractivity contribution in [3.8, 4) is 0 Å². The van der Waals surface area contributed by atoms with Gasteiger partial charge in [-0.05, 0) is 36.9 Å². The van der Waals surface area contributed by atoms with Crippen LogP contribution in [0.1, 0.15) is 35.7 Å². The Kier molecular flexibility index (Phi) is 4.75. The molecule has 0 spiro atoms. The smallest absolute Gasteiger partial charge is 0.351 e. The number of alkyl halides is 3. The van der Waals surface area contributed by atoms with E-state index in [1.54, 1.807) is 0 Å². The topological polar surface area (TPSA) is 41.1 Å². The Hall–Kier alpha value is -1.63. The van der Waals surface area contributed by atoms with Crippen LogP contribution in [0.5, 0.6) is 0 Å². The summed E-state index contributed by atoms with van der Waals surface area (Å²) < 4.78 is 51.8. The zero-order valence-corrected chi connectivity index (χ0v) is 12.2. The molecule has 1 aliphatic rings. The molecular weight excluding hydrogens is 300 g/mol. The van der Waals surface area contributed by atoms with Crippen LogP contribution < -0.4 is 10.6 Å². The summed E-state index contributed by atoms with van der Waals surface area (Å²) in [5.74, 6) is -2.35. The highest BCUT2D eigenvalue weighted by atomic mass is 19.4. The second kappa shape index (κ2) is 6.24. The molecule has 1 aliphatic heterocycles. The molecule has 0 aliphatic carbocycles. The van der Waals surface area contributed by atoms with Crippen molar-refractivity contribution in [1.29, 1.82) is 0 Å². The van der Waals surface area contributed by atoms with Gasteiger partial charge >= 0.3 is 6.18 Å². The third-order valence-electron chi connectivity index (χ3n) is 3.91. The molecule has 1 atom stereocenters. The number of nitrogens with one attached hydrogen (secondary N) is 2. The van der Waals surface area contributed by atoms with Crippen molar-refractivity contribution in [3.05, 3.63) is 35.1 Å². The third kappa shape index (κ3) is 3.76. The van der Waals surface area contributed by atoms with Gasteiger partial charge in [0.15, 0.2) is 0 Å². The SMILES string of the molecule is CC1(CNC(=O)c2cccc(C(F)(F)F)c2F)CCCNC1. The van der Waals surface area contributed by atoms with Gasteiger partial charge in [-0.2, -0.15) is 13.2 Å². The molecule has 1 unspecified atom stereocenters. The molecule has 1 amide bonds. The minimum atomic E-state index is -4.82. The fraction of sp³-hybridized carbons (Fsp3) is 0.533. The molecule has 1 heterocycles. The highest BCUT2D eigenvalue weighted by Gasteiger charge is 2.36. The standard InChI is InChI=1S/C15H18F4N2O/c1-14(6-3-7-20-8-14)9-21-13(22)10-4-2-5-11(12(10)16)15(17,18)19/h2,4-5,20H,3,6-9H2,1H3,(H,21,22). The zero-order valence-electron chi connectivity index (χ0n) is 12.2. The van der Waals surface area contributed by atoms with Gasteiger partial charge in [0.05, 0.1) is 11.1 Å². The van der Waals surface area contributed by atoms with E-state index >= 15 is 0 Å². The van der Waals surface area contributed by atoms with Crippen LogP contribution in [0.25, 0.3) is 0 Å². The summed E-state index contributed by atoms with van der Waals surface area (Å²) in [6, 6.07) is 2.71. The van der Waals surface area contributed by atoms with Gasteiger partial charge in [-0.25, -0.2) is 4.39 Å². The molecule has 22 heavy (non-hydrogen) atoms. The van der Waals surface area contributed by atoms with Gasteiger partial charge in [-0.15, -0.1) is 0 Å². The van der Waals surface area contributed by atoms with Gasteiger partial charge < -0.3 is 10.6 Å². The zero-order chi connectivity index (χ0) is 16.4. The highest BCUT2D eigenvalue weighted by molar-refractivity contribution is 5.94. The molecule has 2 N–H and O–H groups in total. The molecule has 3 nitrogen and oxygen atoms in total. The Morgan fingerprint density at radius 3 is 2.73 bits per heavy atom. The molecule has 0 aromatic heterocycles. The third-order valence-corrected chi connectivity index (χ3v) is 3.91. The molecule has 2 rings (SSSR count). The van der Waals surface area contributed by atoms with E-state index < -0.39 is 29.0 Å². The maximum absolute atomic E-state index is 13.9. The van der Waals surface area contributed by atoms with Crippen molar-refractivity contribution in [2.24, 2.45) is 5.41 Å². The van der Waals surface area contributed by atoms with Gasteiger partial charge in [0.25, 0.3) is 5.91 Å². The Morgan fingerprint density at radius 1 is 1.41 bits per heavy atom. The fourth-order valence-corrected chi connectivity index (χ4v) is 2.58. The second-order valence-corrected chi connectivity index (χ2v) is 5.94. The first kappa shape index (κ1) is 16.7. The van der Waals surface area contributed by atoms with E-state index in [-0.39, 0.29) is 12.0 Å². The summed E-state index contributed by atoms with van der Waals surface area (Å²) in [5, 5.41) is 5.75. The number of rotatable bonds is 3. The number of hydrogen-bond acceptors (Lipinski definition) is 2. The molecule has 1 aromatic rings. The van der Waals surface area contributed by atoms with Crippen LogP contribution >= 0.6 is 0 Å². The predicted molar refractivity (Wildman–Crippen MR) is 73.9 cm³/mol. The lowest BCUT2D eigenvalue weighted by Gasteiger charge is -2.34. The summed E-state index contributed by atoms with van der Waals surface area (Å²) in [4.78, 5) is 12.0. The van der Waals surface area contributed by atoms with Gasteiger partial charge in [0.2, 0.25) is 0 Å². The Morgan fingerprint density at radius 2 is 2.14 bits per heavy atom. The second-order valence-electron chi connectivity index (χ2n) is 5.94. The molecule has 1 saturated heterocycles. The lowest BCUT2D eigenvalue weighted by atomic mass is 9.83. The van der Waals surface area contributed by atoms with E-state index in [2.05, 4.69) is 10.6 Å². The highest BCUT2D eigenvalue weighted by Crippen LogP contribution is 2.32. The van der Waals surface area contributed by atoms with Crippen molar-refractivity contribution in [1.82, 2.24) is 10.6 Å². The number of carbonyl (C=O) groups excluding carboxylic acids is 1. The molecule has 1 fully saturated rings. The summed E-state index contributed by atoms with van der Waals surface area (Å²) in [7, 11) is 0. The normalized spacial score (nSPS) is 22.4. The monoisotopic (exact) mass is 318 g/mol. The van der Waals surface area contributed by atoms with Crippen LogP contribution in [0.4, 0.5) is 17.6 Å². The first-order valence-electron chi connectivity index (χ1n) is 7.08. The van der Waals surface area contributed by atoms with Crippen LogP contribution in [0.2, 0.25) is 0 Å². The summed E-state index contributed by atoms with van der Waals surface area (Å²) >= 11 is 0. The predicted octanol–water partition coefficient (Wildman–Crippen LogP) is 2.96. The van der Waals surface area contributed by atoms with Gasteiger partial charge in [-0.1, -0.05) is 13.0 Å². The molecule has 0 saturated carbocycles. The number of hydrogen-bond donors (Lipinski definition) is 2. The van der Waals surface area contributed by atoms with Crippen LogP contribution in [-0.4, -0.2) is 25.5 Å². The van der Waals surface area contributed by atoms with Crippen LogP contribution in [0.15, 0.2) is 18.2 Å². The first-order valence-corrected chi connectivity index (χ1v) is 7.08.